The third kappa shape index (κ3) is 11.8. The summed E-state index contributed by atoms with van der Waals surface area (Å²) >= 11 is 1.37. The maximum absolute atomic E-state index is 12.8. The Bertz CT molecular complexity index is 2270. The number of anilines is 6. The average molecular weight is 882 g/mol. The van der Waals surface area contributed by atoms with Crippen molar-refractivity contribution in [1.82, 2.24) is 30.2 Å². The number of pyridine rings is 1. The van der Waals surface area contributed by atoms with Crippen LogP contribution in [0.15, 0.2) is 60.6 Å². The summed E-state index contributed by atoms with van der Waals surface area (Å²) in [4.78, 5) is 75.8. The van der Waals surface area contributed by atoms with E-state index in [9.17, 15) is 24.3 Å². The minimum Gasteiger partial charge on any atom is -0.379 e. The van der Waals surface area contributed by atoms with E-state index in [-0.39, 0.29) is 42.6 Å². The van der Waals surface area contributed by atoms with Crippen LogP contribution in [0.4, 0.5) is 34.1 Å². The van der Waals surface area contributed by atoms with Crippen molar-refractivity contribution in [3.8, 4) is 0 Å². The van der Waals surface area contributed by atoms with Crippen molar-refractivity contribution in [3.63, 3.8) is 0 Å². The van der Waals surface area contributed by atoms with Crippen LogP contribution in [0, 0.1) is 6.92 Å². The number of carbonyl (C=O) groups excluding carboxylic acids is 4. The molecule has 7 rings (SSSR count). The fourth-order valence-corrected chi connectivity index (χ4v) is 8.66. The Morgan fingerprint density at radius 1 is 0.857 bits per heavy atom. The third-order valence-corrected chi connectivity index (χ3v) is 12.1. The zero-order valence-electron chi connectivity index (χ0n) is 35.9. The quantitative estimate of drug-likeness (QED) is 0.0827. The van der Waals surface area contributed by atoms with Gasteiger partial charge in [0.15, 0.2) is 17.1 Å². The number of hydrogen-bond acceptors (Lipinski definition) is 16. The van der Waals surface area contributed by atoms with Gasteiger partial charge in [0.1, 0.15) is 11.6 Å². The molecule has 1 aromatic carbocycles. The summed E-state index contributed by atoms with van der Waals surface area (Å²) in [6.07, 6.45) is 8.26. The number of rotatable bonds is 19. The van der Waals surface area contributed by atoms with Gasteiger partial charge >= 0.3 is 0 Å². The summed E-state index contributed by atoms with van der Waals surface area (Å²) in [7, 11) is 0. The summed E-state index contributed by atoms with van der Waals surface area (Å²) in [6.45, 7) is 9.96. The van der Waals surface area contributed by atoms with Crippen LogP contribution >= 0.6 is 11.3 Å². The first-order chi connectivity index (χ1) is 30.5. The molecule has 2 fully saturated rings. The van der Waals surface area contributed by atoms with Gasteiger partial charge in [-0.15, -0.1) is 11.3 Å². The van der Waals surface area contributed by atoms with Gasteiger partial charge in [-0.1, -0.05) is 25.0 Å². The molecule has 3 aliphatic rings. The molecule has 19 heteroatoms. The normalized spacial score (nSPS) is 16.8. The number of amides is 3. The summed E-state index contributed by atoms with van der Waals surface area (Å²) in [5.41, 5.74) is 3.56. The number of ether oxygens (including phenoxy) is 2. The van der Waals surface area contributed by atoms with Crippen molar-refractivity contribution in [1.29, 1.82) is 0 Å². The SMILES string of the molecule is CC(=O)C1=C(C)c2cnc(Nc3ccc(N4CCN(CC(=O)NCCOCCOCCC(=O)Nc5ccccc5C(=O)Nc5ncc(C)s5)CC4)cn3)nc2N(C2CCCC2)C1O. The predicted molar refractivity (Wildman–Crippen MR) is 241 cm³/mol. The van der Waals surface area contributed by atoms with E-state index in [1.54, 1.807) is 36.7 Å². The average Bonchev–Trinajstić information content (AvgIpc) is 3.95. The molecule has 0 bridgehead atoms. The lowest BCUT2D eigenvalue weighted by molar-refractivity contribution is -0.122. The number of fused-ring (bicyclic) bond motifs is 1. The molecule has 3 amide bonds. The highest BCUT2D eigenvalue weighted by Crippen LogP contribution is 2.41. The first-order valence-corrected chi connectivity index (χ1v) is 22.2. The molecule has 1 aliphatic carbocycles. The lowest BCUT2D eigenvalue weighted by Gasteiger charge is -2.40. The number of para-hydroxylation sites is 1. The first kappa shape index (κ1) is 45.2. The molecule has 18 nitrogen and oxygen atoms in total. The van der Waals surface area contributed by atoms with Crippen molar-refractivity contribution >= 4 is 74.5 Å². The highest BCUT2D eigenvalue weighted by atomic mass is 32.1. The van der Waals surface area contributed by atoms with Crippen LogP contribution in [0.1, 0.15) is 66.8 Å². The highest BCUT2D eigenvalue weighted by molar-refractivity contribution is 7.15. The van der Waals surface area contributed by atoms with Crippen molar-refractivity contribution in [2.75, 3.05) is 91.4 Å². The van der Waals surface area contributed by atoms with Crippen molar-refractivity contribution in [2.45, 2.75) is 65.1 Å². The maximum atomic E-state index is 12.8. The number of aliphatic hydroxyl groups excluding tert-OH is 1. The number of aryl methyl sites for hydroxylation is 1. The van der Waals surface area contributed by atoms with E-state index in [4.69, 9.17) is 14.5 Å². The minimum absolute atomic E-state index is 0.0699. The van der Waals surface area contributed by atoms with Crippen LogP contribution in [0.3, 0.4) is 0 Å². The number of hydrogen-bond donors (Lipinski definition) is 5. The van der Waals surface area contributed by atoms with Gasteiger partial charge in [0, 0.05) is 67.2 Å². The molecule has 1 saturated carbocycles. The fourth-order valence-electron chi connectivity index (χ4n) is 8.00. The number of nitrogens with zero attached hydrogens (tertiary/aromatic N) is 7. The molecule has 3 aromatic heterocycles. The van der Waals surface area contributed by atoms with E-state index >= 15 is 0 Å². The van der Waals surface area contributed by atoms with Gasteiger partial charge in [0.2, 0.25) is 17.8 Å². The van der Waals surface area contributed by atoms with Crippen LogP contribution in [0.5, 0.6) is 0 Å². The number of thiazole rings is 1. The van der Waals surface area contributed by atoms with Crippen LogP contribution in [0.2, 0.25) is 0 Å². The first-order valence-electron chi connectivity index (χ1n) is 21.3. The summed E-state index contributed by atoms with van der Waals surface area (Å²) < 4.78 is 11.1. The fraction of sp³-hybridized carbons (Fsp3) is 0.455. The summed E-state index contributed by atoms with van der Waals surface area (Å²) in [5.74, 6) is 0.697. The van der Waals surface area contributed by atoms with Gasteiger partial charge in [-0.05, 0) is 63.5 Å². The molecule has 63 heavy (non-hydrogen) atoms. The topological polar surface area (TPSA) is 216 Å². The van der Waals surface area contributed by atoms with Gasteiger partial charge in [-0.3, -0.25) is 29.4 Å². The molecule has 1 saturated heterocycles. The Kier molecular flexibility index (Phi) is 15.4. The summed E-state index contributed by atoms with van der Waals surface area (Å²) in [6, 6.07) is 10.8. The van der Waals surface area contributed by atoms with Crippen LogP contribution in [-0.4, -0.2) is 131 Å². The van der Waals surface area contributed by atoms with Crippen LogP contribution < -0.4 is 31.1 Å². The minimum atomic E-state index is -1.05. The lowest BCUT2D eigenvalue weighted by atomic mass is 9.93. The molecule has 1 atom stereocenters. The van der Waals surface area contributed by atoms with E-state index in [2.05, 4.69) is 46.0 Å². The van der Waals surface area contributed by atoms with Crippen molar-refractivity contribution in [2.24, 2.45) is 0 Å². The van der Waals surface area contributed by atoms with Crippen LogP contribution in [-0.2, 0) is 23.9 Å². The van der Waals surface area contributed by atoms with E-state index in [0.29, 0.717) is 78.0 Å². The number of allylic oxidation sites excluding steroid dienone is 1. The molecule has 334 valence electrons. The second-order valence-electron chi connectivity index (χ2n) is 15.7. The molecule has 0 radical (unpaired) electrons. The molecule has 1 unspecified atom stereocenters. The number of aromatic nitrogens is 4. The standard InChI is InChI=1S/C44H55N11O7S/c1-28-24-48-44(63-28)52-41(59)33-10-6-7-11-35(33)49-37(57)14-20-61-22-23-62-21-15-45-38(58)27-53-16-18-54(19-17-53)32-12-13-36(46-25-32)50-43-47-26-34-29(2)39(30(3)56)42(60)55(40(34)51-43)31-8-4-5-9-31/h6-7,10-13,24-26,31,42,60H,4-5,8-9,14-23,27H2,1-3H3,(H,45,58)(H,49,57)(H,48,52,59)(H,46,47,50,51). The van der Waals surface area contributed by atoms with Gasteiger partial charge in [0.25, 0.3) is 5.91 Å². The lowest BCUT2D eigenvalue weighted by Crippen LogP contribution is -2.49. The Morgan fingerprint density at radius 2 is 1.62 bits per heavy atom. The maximum Gasteiger partial charge on any atom is 0.259 e. The number of piperazine rings is 1. The van der Waals surface area contributed by atoms with E-state index in [1.165, 1.54) is 18.3 Å². The molecule has 5 heterocycles. The molecule has 2 aliphatic heterocycles. The second kappa shape index (κ2) is 21.5. The van der Waals surface area contributed by atoms with Crippen molar-refractivity contribution in [3.05, 3.63) is 76.6 Å². The Labute approximate surface area is 370 Å². The van der Waals surface area contributed by atoms with E-state index in [1.807, 2.05) is 37.1 Å². The van der Waals surface area contributed by atoms with Crippen molar-refractivity contribution < 1.29 is 33.8 Å². The number of benzene rings is 1. The smallest absolute Gasteiger partial charge is 0.259 e. The molecule has 0 spiro atoms. The second-order valence-corrected chi connectivity index (χ2v) is 16.9. The predicted octanol–water partition coefficient (Wildman–Crippen LogP) is 4.38. The van der Waals surface area contributed by atoms with Gasteiger partial charge < -0.3 is 40.3 Å². The van der Waals surface area contributed by atoms with Gasteiger partial charge in [-0.2, -0.15) is 4.98 Å². The van der Waals surface area contributed by atoms with Gasteiger partial charge in [-0.25, -0.2) is 15.0 Å². The third-order valence-electron chi connectivity index (χ3n) is 11.2. The summed E-state index contributed by atoms with van der Waals surface area (Å²) in [5, 5.41) is 23.5. The monoisotopic (exact) mass is 881 g/mol. The van der Waals surface area contributed by atoms with Gasteiger partial charge in [0.05, 0.1) is 62.5 Å². The zero-order valence-corrected chi connectivity index (χ0v) is 36.7. The number of carbonyl (C=O) groups is 4. The Morgan fingerprint density at radius 3 is 2.33 bits per heavy atom. The Hall–Kier alpha value is -5.86. The molecule has 4 aromatic rings. The zero-order chi connectivity index (χ0) is 44.3. The van der Waals surface area contributed by atoms with E-state index < -0.39 is 6.23 Å². The molecule has 5 N–H and O–H groups in total. The number of aliphatic hydroxyl groups is 1. The number of nitrogens with one attached hydrogen (secondary N) is 4. The largest absolute Gasteiger partial charge is 0.379 e. The number of Topliss-reactive ketones (excluding diaryl/α,β-unsaturated/α-hetero) is 1. The Balaban J connectivity index is 0.757. The highest BCUT2D eigenvalue weighted by Gasteiger charge is 2.39. The number of ketones is 1. The van der Waals surface area contributed by atoms with E-state index in [0.717, 1.165) is 68.0 Å². The molecular weight excluding hydrogens is 827 g/mol. The van der Waals surface area contributed by atoms with Crippen LogP contribution in [0.25, 0.3) is 5.57 Å². The molecular formula is C44H55N11O7S.